The average Bonchev–Trinajstić information content (AvgIpc) is 2.32. The summed E-state index contributed by atoms with van der Waals surface area (Å²) in [6.45, 7) is 16.1. The molecule has 19 heavy (non-hydrogen) atoms. The smallest absolute Gasteiger partial charge is 0.0829 e. The van der Waals surface area contributed by atoms with Gasteiger partial charge in [0.05, 0.1) is 12.7 Å². The predicted octanol–water partition coefficient (Wildman–Crippen LogP) is 2.46. The number of likely N-dealkylation sites (tertiary alicyclic amines) is 2. The summed E-state index contributed by atoms with van der Waals surface area (Å²) in [6, 6.07) is 0.676. The summed E-state index contributed by atoms with van der Waals surface area (Å²) < 4.78 is 5.95. The van der Waals surface area contributed by atoms with Crippen LogP contribution in [0.1, 0.15) is 40.5 Å². The SMILES string of the molecule is CC(C)C1CCN(CCOC2CN(C(C)C)C2)CC1. The van der Waals surface area contributed by atoms with Crippen molar-refractivity contribution in [2.45, 2.75) is 52.7 Å². The molecule has 2 fully saturated rings. The van der Waals surface area contributed by atoms with Crippen LogP contribution in [0, 0.1) is 11.8 Å². The molecule has 3 heteroatoms. The maximum atomic E-state index is 5.95. The average molecular weight is 268 g/mol. The maximum absolute atomic E-state index is 5.95. The molecule has 0 amide bonds. The molecular weight excluding hydrogens is 236 g/mol. The normalized spacial score (nSPS) is 24.3. The number of piperidine rings is 1. The molecule has 0 aromatic heterocycles. The Hall–Kier alpha value is -0.120. The lowest BCUT2D eigenvalue weighted by Gasteiger charge is -2.42. The Balaban J connectivity index is 1.51. The molecule has 0 aromatic rings. The second kappa shape index (κ2) is 7.05. The third kappa shape index (κ3) is 4.44. The first-order valence-corrected chi connectivity index (χ1v) is 8.14. The molecule has 0 unspecified atom stereocenters. The molecule has 0 spiro atoms. The summed E-state index contributed by atoms with van der Waals surface area (Å²) in [5.74, 6) is 1.80. The fourth-order valence-electron chi connectivity index (χ4n) is 3.19. The topological polar surface area (TPSA) is 15.7 Å². The van der Waals surface area contributed by atoms with Gasteiger partial charge in [-0.2, -0.15) is 0 Å². The van der Waals surface area contributed by atoms with Gasteiger partial charge in [-0.25, -0.2) is 0 Å². The molecule has 3 nitrogen and oxygen atoms in total. The number of hydrogen-bond acceptors (Lipinski definition) is 3. The molecule has 0 bridgehead atoms. The lowest BCUT2D eigenvalue weighted by atomic mass is 9.87. The second-order valence-corrected chi connectivity index (χ2v) is 6.96. The Morgan fingerprint density at radius 3 is 2.21 bits per heavy atom. The summed E-state index contributed by atoms with van der Waals surface area (Å²) in [5.41, 5.74) is 0. The highest BCUT2D eigenvalue weighted by Gasteiger charge is 2.29. The van der Waals surface area contributed by atoms with Crippen molar-refractivity contribution in [2.24, 2.45) is 11.8 Å². The Kier molecular flexibility index (Phi) is 5.67. The van der Waals surface area contributed by atoms with Crippen LogP contribution in [-0.2, 0) is 4.74 Å². The van der Waals surface area contributed by atoms with E-state index >= 15 is 0 Å². The lowest BCUT2D eigenvalue weighted by molar-refractivity contribution is -0.0718. The molecule has 0 N–H and O–H groups in total. The summed E-state index contributed by atoms with van der Waals surface area (Å²) in [5, 5.41) is 0. The summed E-state index contributed by atoms with van der Waals surface area (Å²) in [6.07, 6.45) is 3.25. The van der Waals surface area contributed by atoms with E-state index in [4.69, 9.17) is 4.74 Å². The van der Waals surface area contributed by atoms with Crippen molar-refractivity contribution in [2.75, 3.05) is 39.3 Å². The lowest BCUT2D eigenvalue weighted by Crippen LogP contribution is -2.55. The largest absolute Gasteiger partial charge is 0.374 e. The van der Waals surface area contributed by atoms with E-state index in [0.29, 0.717) is 12.1 Å². The molecule has 2 aliphatic heterocycles. The van der Waals surface area contributed by atoms with Crippen LogP contribution in [0.5, 0.6) is 0 Å². The third-order valence-electron chi connectivity index (χ3n) is 4.94. The Morgan fingerprint density at radius 1 is 1.05 bits per heavy atom. The highest BCUT2D eigenvalue weighted by molar-refractivity contribution is 4.83. The molecule has 2 aliphatic rings. The minimum atomic E-state index is 0.496. The van der Waals surface area contributed by atoms with E-state index in [2.05, 4.69) is 37.5 Å². The zero-order valence-electron chi connectivity index (χ0n) is 13.3. The van der Waals surface area contributed by atoms with Gasteiger partial charge in [0.1, 0.15) is 0 Å². The van der Waals surface area contributed by atoms with Crippen molar-refractivity contribution < 1.29 is 4.74 Å². The summed E-state index contributed by atoms with van der Waals surface area (Å²) in [7, 11) is 0. The predicted molar refractivity (Wildman–Crippen MR) is 80.5 cm³/mol. The molecule has 0 radical (unpaired) electrons. The van der Waals surface area contributed by atoms with Crippen LogP contribution in [0.25, 0.3) is 0 Å². The minimum Gasteiger partial charge on any atom is -0.374 e. The second-order valence-electron chi connectivity index (χ2n) is 6.96. The van der Waals surface area contributed by atoms with Gasteiger partial charge in [0, 0.05) is 25.7 Å². The molecular formula is C16H32N2O. The molecule has 0 atom stereocenters. The molecule has 0 saturated carbocycles. The van der Waals surface area contributed by atoms with Gasteiger partial charge in [-0.1, -0.05) is 13.8 Å². The molecule has 2 saturated heterocycles. The van der Waals surface area contributed by atoms with Crippen LogP contribution in [-0.4, -0.2) is 61.3 Å². The van der Waals surface area contributed by atoms with Crippen molar-refractivity contribution >= 4 is 0 Å². The van der Waals surface area contributed by atoms with E-state index in [1.54, 1.807) is 0 Å². The van der Waals surface area contributed by atoms with Crippen LogP contribution in [0.4, 0.5) is 0 Å². The highest BCUT2D eigenvalue weighted by Crippen LogP contribution is 2.24. The number of ether oxygens (including phenoxy) is 1. The fourth-order valence-corrected chi connectivity index (χ4v) is 3.19. The van der Waals surface area contributed by atoms with Crippen molar-refractivity contribution in [3.63, 3.8) is 0 Å². The molecule has 112 valence electrons. The van der Waals surface area contributed by atoms with Gasteiger partial charge < -0.3 is 9.64 Å². The minimum absolute atomic E-state index is 0.496. The highest BCUT2D eigenvalue weighted by atomic mass is 16.5. The van der Waals surface area contributed by atoms with E-state index in [-0.39, 0.29) is 0 Å². The number of rotatable bonds is 6. The molecule has 0 aromatic carbocycles. The fraction of sp³-hybridized carbons (Fsp3) is 1.00. The zero-order valence-corrected chi connectivity index (χ0v) is 13.3. The Bertz CT molecular complexity index is 253. The van der Waals surface area contributed by atoms with E-state index in [9.17, 15) is 0 Å². The van der Waals surface area contributed by atoms with Crippen molar-refractivity contribution in [1.29, 1.82) is 0 Å². The van der Waals surface area contributed by atoms with Crippen LogP contribution < -0.4 is 0 Å². The van der Waals surface area contributed by atoms with E-state index < -0.39 is 0 Å². The first-order chi connectivity index (χ1) is 9.06. The van der Waals surface area contributed by atoms with Gasteiger partial charge in [-0.3, -0.25) is 4.90 Å². The van der Waals surface area contributed by atoms with E-state index in [1.807, 2.05) is 0 Å². The third-order valence-corrected chi connectivity index (χ3v) is 4.94. The quantitative estimate of drug-likeness (QED) is 0.736. The standard InChI is InChI=1S/C16H32N2O/c1-13(2)15-5-7-17(8-6-15)9-10-19-16-11-18(12-16)14(3)4/h13-16H,5-12H2,1-4H3. The first kappa shape index (κ1) is 15.3. The van der Waals surface area contributed by atoms with Crippen molar-refractivity contribution in [1.82, 2.24) is 9.80 Å². The van der Waals surface area contributed by atoms with Crippen LogP contribution in [0.2, 0.25) is 0 Å². The van der Waals surface area contributed by atoms with Crippen molar-refractivity contribution in [3.8, 4) is 0 Å². The van der Waals surface area contributed by atoms with Crippen LogP contribution in [0.3, 0.4) is 0 Å². The monoisotopic (exact) mass is 268 g/mol. The molecule has 0 aliphatic carbocycles. The van der Waals surface area contributed by atoms with Gasteiger partial charge in [0.25, 0.3) is 0 Å². The van der Waals surface area contributed by atoms with E-state index in [0.717, 1.165) is 38.1 Å². The van der Waals surface area contributed by atoms with Gasteiger partial charge in [0.15, 0.2) is 0 Å². The van der Waals surface area contributed by atoms with Gasteiger partial charge in [0.2, 0.25) is 0 Å². The first-order valence-electron chi connectivity index (χ1n) is 8.14. The van der Waals surface area contributed by atoms with Crippen LogP contribution in [0.15, 0.2) is 0 Å². The van der Waals surface area contributed by atoms with E-state index in [1.165, 1.54) is 25.9 Å². The van der Waals surface area contributed by atoms with Gasteiger partial charge >= 0.3 is 0 Å². The van der Waals surface area contributed by atoms with Gasteiger partial charge in [-0.05, 0) is 51.6 Å². The van der Waals surface area contributed by atoms with Crippen molar-refractivity contribution in [3.05, 3.63) is 0 Å². The molecule has 2 rings (SSSR count). The number of hydrogen-bond donors (Lipinski definition) is 0. The van der Waals surface area contributed by atoms with Crippen LogP contribution >= 0.6 is 0 Å². The Labute approximate surface area is 119 Å². The zero-order chi connectivity index (χ0) is 13.8. The maximum Gasteiger partial charge on any atom is 0.0829 e. The summed E-state index contributed by atoms with van der Waals surface area (Å²) in [4.78, 5) is 5.05. The number of nitrogens with zero attached hydrogens (tertiary/aromatic N) is 2. The molecule has 2 heterocycles. The Morgan fingerprint density at radius 2 is 1.68 bits per heavy atom. The summed E-state index contributed by atoms with van der Waals surface area (Å²) >= 11 is 0. The van der Waals surface area contributed by atoms with Gasteiger partial charge in [-0.15, -0.1) is 0 Å².